The summed E-state index contributed by atoms with van der Waals surface area (Å²) >= 11 is 0. The van der Waals surface area contributed by atoms with Crippen LogP contribution in [0.1, 0.15) is 47.9 Å². The van der Waals surface area contributed by atoms with Crippen molar-refractivity contribution >= 4 is 33.1 Å². The maximum Gasteiger partial charge on any atom is 0.176 e. The summed E-state index contributed by atoms with van der Waals surface area (Å²) in [5.41, 5.74) is 0.269. The predicted octanol–water partition coefficient (Wildman–Crippen LogP) is 5.14. The first-order chi connectivity index (χ1) is 18.0. The first kappa shape index (κ1) is 23.7. The molecule has 194 valence electrons. The Balaban J connectivity index is 1.74. The molecule has 0 bridgehead atoms. The molecule has 2 heterocycles. The molecule has 0 amide bonds. The van der Waals surface area contributed by atoms with Gasteiger partial charge in [-0.3, -0.25) is 9.59 Å². The number of carbonyl (C=O) groups excluding carboxylic acids is 2. The van der Waals surface area contributed by atoms with Gasteiger partial charge in [-0.2, -0.15) is 0 Å². The van der Waals surface area contributed by atoms with Gasteiger partial charge in [0, 0.05) is 45.8 Å². The number of benzene rings is 4. The topological polar surface area (TPSA) is 154 Å². The Morgan fingerprint density at radius 2 is 1.32 bits per heavy atom. The van der Waals surface area contributed by atoms with Crippen molar-refractivity contribution in [1.82, 2.24) is 0 Å². The molecule has 0 fully saturated rings. The molecule has 4 aromatic rings. The zero-order chi connectivity index (χ0) is 27.2. The minimum atomic E-state index is -0.536. The molecule has 2 aliphatic heterocycles. The Bertz CT molecular complexity index is 1740. The van der Waals surface area contributed by atoms with E-state index in [-0.39, 0.29) is 85.1 Å². The normalized spacial score (nSPS) is 20.7. The van der Waals surface area contributed by atoms with E-state index in [4.69, 9.17) is 9.47 Å². The Hall–Kier alpha value is -4.66. The van der Waals surface area contributed by atoms with Crippen LogP contribution in [0, 0.1) is 5.92 Å². The number of fused-ring (bicyclic) bond motifs is 4. The van der Waals surface area contributed by atoms with E-state index >= 15 is 0 Å². The number of phenols is 5. The molecule has 4 aromatic carbocycles. The lowest BCUT2D eigenvalue weighted by Crippen LogP contribution is -2.33. The Morgan fingerprint density at radius 1 is 0.684 bits per heavy atom. The zero-order valence-electron chi connectivity index (χ0n) is 20.7. The molecule has 0 saturated heterocycles. The van der Waals surface area contributed by atoms with Crippen LogP contribution in [0.3, 0.4) is 0 Å². The van der Waals surface area contributed by atoms with Crippen molar-refractivity contribution in [2.24, 2.45) is 5.92 Å². The number of Topliss-reactive ketones (excluding diaryl/α,β-unsaturated/α-hetero) is 2. The van der Waals surface area contributed by atoms with Crippen molar-refractivity contribution in [3.63, 3.8) is 0 Å². The summed E-state index contributed by atoms with van der Waals surface area (Å²) in [5.74, 6) is -2.87. The Kier molecular flexibility index (Phi) is 4.94. The molecule has 0 spiro atoms. The number of phenolic OH excluding ortho intramolecular Hbond substituents is 5. The molecule has 9 heteroatoms. The van der Waals surface area contributed by atoms with Crippen LogP contribution in [0.5, 0.6) is 40.2 Å². The maximum absolute atomic E-state index is 13.0. The Morgan fingerprint density at radius 3 is 2.03 bits per heavy atom. The first-order valence-corrected chi connectivity index (χ1v) is 12.2. The number of rotatable bonds is 1. The highest BCUT2D eigenvalue weighted by molar-refractivity contribution is 6.18. The summed E-state index contributed by atoms with van der Waals surface area (Å²) in [4.78, 5) is 25.6. The molecule has 0 unspecified atom stereocenters. The van der Waals surface area contributed by atoms with Crippen molar-refractivity contribution in [1.29, 1.82) is 0 Å². The molecule has 0 aromatic heterocycles. The van der Waals surface area contributed by atoms with Crippen molar-refractivity contribution < 1.29 is 44.6 Å². The molecule has 38 heavy (non-hydrogen) atoms. The van der Waals surface area contributed by atoms with Gasteiger partial charge in [0.05, 0.1) is 16.9 Å². The third-order valence-corrected chi connectivity index (χ3v) is 7.54. The molecule has 9 nitrogen and oxygen atoms in total. The van der Waals surface area contributed by atoms with Crippen molar-refractivity contribution in [2.75, 3.05) is 0 Å². The van der Waals surface area contributed by atoms with Gasteiger partial charge >= 0.3 is 0 Å². The lowest BCUT2D eigenvalue weighted by Gasteiger charge is -2.29. The summed E-state index contributed by atoms with van der Waals surface area (Å²) in [7, 11) is 0. The van der Waals surface area contributed by atoms with E-state index in [0.717, 1.165) is 12.1 Å². The van der Waals surface area contributed by atoms with E-state index < -0.39 is 35.0 Å². The fourth-order valence-electron chi connectivity index (χ4n) is 5.47. The average molecular weight is 517 g/mol. The fraction of sp³-hybridized carbons (Fsp3) is 0.241. The number of ether oxygens (including phenoxy) is 2. The van der Waals surface area contributed by atoms with Gasteiger partial charge in [0.1, 0.15) is 58.0 Å². The number of hydrogen-bond acceptors (Lipinski definition) is 9. The lowest BCUT2D eigenvalue weighted by molar-refractivity contribution is 0.0725. The van der Waals surface area contributed by atoms with E-state index in [1.54, 1.807) is 20.8 Å². The molecular weight excluding hydrogens is 492 g/mol. The third kappa shape index (κ3) is 3.17. The van der Waals surface area contributed by atoms with Crippen LogP contribution in [0.25, 0.3) is 32.7 Å². The van der Waals surface area contributed by atoms with Gasteiger partial charge in [-0.1, -0.05) is 6.92 Å². The van der Waals surface area contributed by atoms with Crippen molar-refractivity contribution in [3.05, 3.63) is 41.5 Å². The van der Waals surface area contributed by atoms with Crippen LogP contribution in [-0.2, 0) is 0 Å². The van der Waals surface area contributed by atoms with Gasteiger partial charge in [0.25, 0.3) is 0 Å². The van der Waals surface area contributed by atoms with E-state index in [2.05, 4.69) is 0 Å². The van der Waals surface area contributed by atoms with Crippen molar-refractivity contribution in [3.8, 4) is 51.4 Å². The summed E-state index contributed by atoms with van der Waals surface area (Å²) in [6.07, 6.45) is -0.701. The maximum atomic E-state index is 13.0. The first-order valence-electron chi connectivity index (χ1n) is 12.2. The number of carbonyl (C=O) groups is 2. The average Bonchev–Trinajstić information content (AvgIpc) is 2.83. The summed E-state index contributed by atoms with van der Waals surface area (Å²) in [5, 5.41) is 55.1. The summed E-state index contributed by atoms with van der Waals surface area (Å²) in [6.45, 7) is 5.15. The smallest absolute Gasteiger partial charge is 0.176 e. The van der Waals surface area contributed by atoms with E-state index in [1.807, 2.05) is 0 Å². The second-order valence-corrected chi connectivity index (χ2v) is 10.0. The zero-order valence-corrected chi connectivity index (χ0v) is 20.7. The summed E-state index contributed by atoms with van der Waals surface area (Å²) in [6, 6.07) is 6.50. The Labute approximate surface area is 216 Å². The van der Waals surface area contributed by atoms with Gasteiger partial charge in [-0.05, 0) is 32.0 Å². The minimum Gasteiger partial charge on any atom is -0.507 e. The highest BCUT2D eigenvalue weighted by Crippen LogP contribution is 2.54. The molecule has 0 aliphatic carbocycles. The monoisotopic (exact) mass is 516 g/mol. The molecule has 3 atom stereocenters. The number of hydrogen-bond donors (Lipinski definition) is 5. The van der Waals surface area contributed by atoms with E-state index in [9.17, 15) is 35.1 Å². The SMILES string of the molecule is C[C@@H]1C(=O)c2c(cc3c(-c4c(O)cc(O)c5cc6c(cc45)O[C@@H](C)CC6=O)c(O)cc(O)c3c2O)O[C@@H]1C. The number of aromatic hydroxyl groups is 5. The van der Waals surface area contributed by atoms with Crippen LogP contribution >= 0.6 is 0 Å². The highest BCUT2D eigenvalue weighted by Gasteiger charge is 2.36. The highest BCUT2D eigenvalue weighted by atomic mass is 16.5. The largest absolute Gasteiger partial charge is 0.507 e. The predicted molar refractivity (Wildman–Crippen MR) is 138 cm³/mol. The van der Waals surface area contributed by atoms with Crippen LogP contribution in [0.2, 0.25) is 0 Å². The second-order valence-electron chi connectivity index (χ2n) is 10.0. The quantitative estimate of drug-likeness (QED) is 0.231. The van der Waals surface area contributed by atoms with E-state index in [1.165, 1.54) is 18.2 Å². The van der Waals surface area contributed by atoms with Gasteiger partial charge in [0.15, 0.2) is 11.6 Å². The van der Waals surface area contributed by atoms with Gasteiger partial charge in [-0.15, -0.1) is 0 Å². The lowest BCUT2D eigenvalue weighted by atomic mass is 9.86. The molecular formula is C29H24O9. The third-order valence-electron chi connectivity index (χ3n) is 7.54. The number of ketones is 2. The van der Waals surface area contributed by atoms with Crippen LogP contribution in [-0.4, -0.2) is 49.3 Å². The summed E-state index contributed by atoms with van der Waals surface area (Å²) < 4.78 is 11.8. The van der Waals surface area contributed by atoms with Crippen molar-refractivity contribution in [2.45, 2.75) is 39.4 Å². The van der Waals surface area contributed by atoms with Gasteiger partial charge in [0.2, 0.25) is 0 Å². The standard InChI is InChI=1S/C29H24O9/c1-10-4-17(30)15-5-13-14(6-22(15)37-10)24(19(32)8-18(13)31)25-16-7-23-27(28(35)11(2)12(3)38-23)29(36)26(16)21(34)9-20(25)33/h5-12,31-34,36H,4H2,1-3H3/t10-,11-,12+/m0/s1. The molecule has 6 rings (SSSR count). The van der Waals surface area contributed by atoms with Crippen LogP contribution < -0.4 is 9.47 Å². The molecule has 5 N–H and O–H groups in total. The second kappa shape index (κ2) is 7.92. The van der Waals surface area contributed by atoms with Crippen LogP contribution in [0.4, 0.5) is 0 Å². The minimum absolute atomic E-state index is 0.0101. The van der Waals surface area contributed by atoms with Gasteiger partial charge < -0.3 is 35.0 Å². The molecule has 2 aliphatic rings. The van der Waals surface area contributed by atoms with E-state index in [0.29, 0.717) is 0 Å². The molecule has 0 saturated carbocycles. The fourth-order valence-corrected chi connectivity index (χ4v) is 5.47. The molecule has 0 radical (unpaired) electrons. The van der Waals surface area contributed by atoms with Gasteiger partial charge in [-0.25, -0.2) is 0 Å². The van der Waals surface area contributed by atoms with Crippen LogP contribution in [0.15, 0.2) is 30.3 Å².